The second kappa shape index (κ2) is 16.5. The SMILES string of the molecule is CCOc1ccc(N(CC(=O)N(Cc2ccc(C)cc2)[C@H](Cc2ccccc2)C(=O)N[C@H](C)CC)S(=O)(=O)c2ccc(Cl)cc2)cc1. The molecule has 2 atom stereocenters. The van der Waals surface area contributed by atoms with Crippen molar-refractivity contribution in [3.8, 4) is 5.75 Å². The number of hydrogen-bond acceptors (Lipinski definition) is 5. The molecule has 248 valence electrons. The average Bonchev–Trinajstić information content (AvgIpc) is 3.07. The molecule has 0 bridgehead atoms. The lowest BCUT2D eigenvalue weighted by Crippen LogP contribution is -2.54. The van der Waals surface area contributed by atoms with Gasteiger partial charge in [0.1, 0.15) is 18.3 Å². The van der Waals surface area contributed by atoms with Crippen LogP contribution < -0.4 is 14.4 Å². The van der Waals surface area contributed by atoms with Gasteiger partial charge < -0.3 is 15.0 Å². The Morgan fingerprint density at radius 2 is 1.49 bits per heavy atom. The summed E-state index contributed by atoms with van der Waals surface area (Å²) in [6, 6.07) is 28.5. The first-order valence-electron chi connectivity index (χ1n) is 15.7. The van der Waals surface area contributed by atoms with Crippen molar-refractivity contribution in [2.45, 2.75) is 64.1 Å². The van der Waals surface area contributed by atoms with Crippen LogP contribution in [-0.2, 0) is 32.6 Å². The van der Waals surface area contributed by atoms with E-state index < -0.39 is 28.5 Å². The normalized spacial score (nSPS) is 12.5. The molecular weight excluding hydrogens is 634 g/mol. The summed E-state index contributed by atoms with van der Waals surface area (Å²) in [6.07, 6.45) is 0.953. The van der Waals surface area contributed by atoms with Crippen molar-refractivity contribution in [2.75, 3.05) is 17.5 Å². The van der Waals surface area contributed by atoms with Gasteiger partial charge in [-0.25, -0.2) is 8.42 Å². The molecule has 4 aromatic rings. The monoisotopic (exact) mass is 675 g/mol. The lowest BCUT2D eigenvalue weighted by molar-refractivity contribution is -0.140. The third kappa shape index (κ3) is 9.59. The number of rotatable bonds is 15. The Morgan fingerprint density at radius 1 is 0.851 bits per heavy atom. The number of benzene rings is 4. The number of anilines is 1. The maximum Gasteiger partial charge on any atom is 0.264 e. The minimum Gasteiger partial charge on any atom is -0.494 e. The van der Waals surface area contributed by atoms with Gasteiger partial charge in [-0.2, -0.15) is 0 Å². The van der Waals surface area contributed by atoms with Gasteiger partial charge in [-0.3, -0.25) is 13.9 Å². The standard InChI is InChI=1S/C37H42ClN3O5S/c1-5-28(4)39-37(43)35(24-29-10-8-7-9-11-29)40(25-30-14-12-27(3)13-15-30)36(42)26-41(32-18-20-33(21-19-32)46-6-2)47(44,45)34-22-16-31(38)17-23-34/h7-23,28,35H,5-6,24-26H2,1-4H3,(H,39,43)/t28-,35-/m1/s1. The number of nitrogens with zero attached hydrogens (tertiary/aromatic N) is 2. The molecule has 0 radical (unpaired) electrons. The van der Waals surface area contributed by atoms with E-state index in [2.05, 4.69) is 5.32 Å². The molecule has 10 heteroatoms. The molecule has 0 aromatic heterocycles. The van der Waals surface area contributed by atoms with Gasteiger partial charge >= 0.3 is 0 Å². The highest BCUT2D eigenvalue weighted by atomic mass is 35.5. The Balaban J connectivity index is 1.80. The zero-order chi connectivity index (χ0) is 34.0. The number of aryl methyl sites for hydroxylation is 1. The topological polar surface area (TPSA) is 96.0 Å². The van der Waals surface area contributed by atoms with E-state index in [-0.39, 0.29) is 35.5 Å². The van der Waals surface area contributed by atoms with E-state index in [1.54, 1.807) is 24.3 Å². The van der Waals surface area contributed by atoms with Crippen LogP contribution in [0.15, 0.2) is 108 Å². The summed E-state index contributed by atoms with van der Waals surface area (Å²) in [5.74, 6) is -0.272. The van der Waals surface area contributed by atoms with Crippen molar-refractivity contribution in [3.05, 3.63) is 125 Å². The molecule has 0 aliphatic carbocycles. The number of carbonyl (C=O) groups excluding carboxylic acids is 2. The molecule has 1 N–H and O–H groups in total. The van der Waals surface area contributed by atoms with Crippen molar-refractivity contribution >= 4 is 39.1 Å². The minimum atomic E-state index is -4.25. The van der Waals surface area contributed by atoms with Gasteiger partial charge in [0, 0.05) is 24.0 Å². The molecular formula is C37H42ClN3O5S. The lowest BCUT2D eigenvalue weighted by Gasteiger charge is -2.34. The second-order valence-electron chi connectivity index (χ2n) is 11.4. The summed E-state index contributed by atoms with van der Waals surface area (Å²) in [6.45, 7) is 7.71. The van der Waals surface area contributed by atoms with Crippen molar-refractivity contribution in [3.63, 3.8) is 0 Å². The van der Waals surface area contributed by atoms with Gasteiger partial charge in [0.05, 0.1) is 17.2 Å². The van der Waals surface area contributed by atoms with E-state index in [0.29, 0.717) is 23.8 Å². The van der Waals surface area contributed by atoms with E-state index in [1.807, 2.05) is 82.3 Å². The van der Waals surface area contributed by atoms with E-state index >= 15 is 0 Å². The fourth-order valence-electron chi connectivity index (χ4n) is 5.02. The number of halogens is 1. The molecule has 4 rings (SSSR count). The van der Waals surface area contributed by atoms with Crippen LogP contribution in [0.4, 0.5) is 5.69 Å². The van der Waals surface area contributed by atoms with Crippen LogP contribution in [0.5, 0.6) is 5.75 Å². The zero-order valence-electron chi connectivity index (χ0n) is 27.2. The van der Waals surface area contributed by atoms with Crippen molar-refractivity contribution in [1.29, 1.82) is 0 Å². The Bertz CT molecular complexity index is 1720. The minimum absolute atomic E-state index is 0.0241. The molecule has 0 saturated heterocycles. The van der Waals surface area contributed by atoms with Crippen LogP contribution in [0.3, 0.4) is 0 Å². The van der Waals surface area contributed by atoms with Crippen LogP contribution in [0.25, 0.3) is 0 Å². The molecule has 47 heavy (non-hydrogen) atoms. The number of nitrogens with one attached hydrogen (secondary N) is 1. The van der Waals surface area contributed by atoms with Gasteiger partial charge in [-0.15, -0.1) is 0 Å². The summed E-state index contributed by atoms with van der Waals surface area (Å²) in [5.41, 5.74) is 3.01. The Morgan fingerprint density at radius 3 is 2.09 bits per heavy atom. The highest BCUT2D eigenvalue weighted by molar-refractivity contribution is 7.92. The third-order valence-electron chi connectivity index (χ3n) is 7.86. The van der Waals surface area contributed by atoms with E-state index in [0.717, 1.165) is 21.0 Å². The maximum absolute atomic E-state index is 14.6. The fraction of sp³-hybridized carbons (Fsp3) is 0.297. The molecule has 0 spiro atoms. The first-order chi connectivity index (χ1) is 22.5. The lowest BCUT2D eigenvalue weighted by atomic mass is 10.0. The number of hydrogen-bond donors (Lipinski definition) is 1. The Labute approximate surface area is 283 Å². The molecule has 0 saturated carbocycles. The first kappa shape index (κ1) is 35.5. The smallest absolute Gasteiger partial charge is 0.264 e. The zero-order valence-corrected chi connectivity index (χ0v) is 28.8. The quantitative estimate of drug-likeness (QED) is 0.150. The number of ether oxygens (including phenoxy) is 1. The number of amides is 2. The highest BCUT2D eigenvalue weighted by Gasteiger charge is 2.35. The molecule has 4 aromatic carbocycles. The largest absolute Gasteiger partial charge is 0.494 e. The average molecular weight is 676 g/mol. The summed E-state index contributed by atoms with van der Waals surface area (Å²) in [7, 11) is -4.25. The number of sulfonamides is 1. The maximum atomic E-state index is 14.6. The van der Waals surface area contributed by atoms with E-state index in [1.165, 1.54) is 29.2 Å². The first-order valence-corrected chi connectivity index (χ1v) is 17.5. The van der Waals surface area contributed by atoms with Crippen molar-refractivity contribution < 1.29 is 22.7 Å². The molecule has 8 nitrogen and oxygen atoms in total. The third-order valence-corrected chi connectivity index (χ3v) is 9.90. The summed E-state index contributed by atoms with van der Waals surface area (Å²) < 4.78 is 35.0. The van der Waals surface area contributed by atoms with Gasteiger partial charge in [-0.1, -0.05) is 78.7 Å². The molecule has 0 fully saturated rings. The van der Waals surface area contributed by atoms with Crippen molar-refractivity contribution in [1.82, 2.24) is 10.2 Å². The summed E-state index contributed by atoms with van der Waals surface area (Å²) in [4.78, 5) is 30.0. The second-order valence-corrected chi connectivity index (χ2v) is 13.7. The van der Waals surface area contributed by atoms with E-state index in [4.69, 9.17) is 16.3 Å². The van der Waals surface area contributed by atoms with Crippen LogP contribution in [0.2, 0.25) is 5.02 Å². The van der Waals surface area contributed by atoms with Gasteiger partial charge in [-0.05, 0) is 86.8 Å². The molecule has 0 aliphatic rings. The Hall–Kier alpha value is -4.34. The summed E-state index contributed by atoms with van der Waals surface area (Å²) >= 11 is 6.07. The van der Waals surface area contributed by atoms with E-state index in [9.17, 15) is 18.0 Å². The molecule has 2 amide bonds. The van der Waals surface area contributed by atoms with Crippen LogP contribution in [0.1, 0.15) is 43.9 Å². The predicted octanol–water partition coefficient (Wildman–Crippen LogP) is 6.80. The van der Waals surface area contributed by atoms with Crippen LogP contribution >= 0.6 is 11.6 Å². The van der Waals surface area contributed by atoms with Crippen LogP contribution in [-0.4, -0.2) is 50.4 Å². The fourth-order valence-corrected chi connectivity index (χ4v) is 6.56. The molecule has 0 aliphatic heterocycles. The number of carbonyl (C=O) groups is 2. The van der Waals surface area contributed by atoms with Crippen LogP contribution in [0, 0.1) is 6.92 Å². The Kier molecular flexibility index (Phi) is 12.4. The molecule has 0 heterocycles. The predicted molar refractivity (Wildman–Crippen MR) is 187 cm³/mol. The summed E-state index contributed by atoms with van der Waals surface area (Å²) in [5, 5.41) is 3.44. The molecule has 0 unspecified atom stereocenters. The van der Waals surface area contributed by atoms with Gasteiger partial charge in [0.15, 0.2) is 0 Å². The van der Waals surface area contributed by atoms with Gasteiger partial charge in [0.25, 0.3) is 10.0 Å². The highest BCUT2D eigenvalue weighted by Crippen LogP contribution is 2.28. The van der Waals surface area contributed by atoms with Crippen molar-refractivity contribution in [2.24, 2.45) is 0 Å². The van der Waals surface area contributed by atoms with Gasteiger partial charge in [0.2, 0.25) is 11.8 Å².